The SMILES string of the molecule is CC1(C)OB(c2ccc(N)c(C(O)O)c2)OC1(C)C. The van der Waals surface area contributed by atoms with Crippen molar-refractivity contribution in [3.8, 4) is 0 Å². The fourth-order valence-electron chi connectivity index (χ4n) is 1.94. The van der Waals surface area contributed by atoms with Gasteiger partial charge in [-0.15, -0.1) is 0 Å². The molecule has 0 aliphatic carbocycles. The summed E-state index contributed by atoms with van der Waals surface area (Å²) < 4.78 is 11.8. The lowest BCUT2D eigenvalue weighted by molar-refractivity contribution is -0.0418. The van der Waals surface area contributed by atoms with Crippen LogP contribution < -0.4 is 11.2 Å². The molecular formula is C13H20BNO4. The molecule has 0 saturated carbocycles. The fourth-order valence-corrected chi connectivity index (χ4v) is 1.94. The van der Waals surface area contributed by atoms with Crippen molar-refractivity contribution in [1.29, 1.82) is 0 Å². The van der Waals surface area contributed by atoms with E-state index in [2.05, 4.69) is 0 Å². The first-order valence-corrected chi connectivity index (χ1v) is 6.25. The zero-order valence-corrected chi connectivity index (χ0v) is 11.7. The van der Waals surface area contributed by atoms with Gasteiger partial charge in [0.2, 0.25) is 0 Å². The molecule has 1 saturated heterocycles. The van der Waals surface area contributed by atoms with Crippen LogP contribution >= 0.6 is 0 Å². The molecule has 0 atom stereocenters. The maximum absolute atomic E-state index is 9.27. The molecule has 6 heteroatoms. The maximum Gasteiger partial charge on any atom is 0.494 e. The van der Waals surface area contributed by atoms with Gasteiger partial charge < -0.3 is 25.3 Å². The van der Waals surface area contributed by atoms with E-state index in [9.17, 15) is 10.2 Å². The van der Waals surface area contributed by atoms with Gasteiger partial charge in [-0.2, -0.15) is 0 Å². The fraction of sp³-hybridized carbons (Fsp3) is 0.538. The van der Waals surface area contributed by atoms with E-state index in [4.69, 9.17) is 15.0 Å². The molecule has 1 heterocycles. The van der Waals surface area contributed by atoms with Crippen molar-refractivity contribution >= 4 is 18.3 Å². The number of hydrogen-bond acceptors (Lipinski definition) is 5. The molecule has 5 nitrogen and oxygen atoms in total. The van der Waals surface area contributed by atoms with Crippen LogP contribution in [0.1, 0.15) is 39.5 Å². The van der Waals surface area contributed by atoms with Crippen molar-refractivity contribution in [2.45, 2.75) is 45.2 Å². The Kier molecular flexibility index (Phi) is 3.39. The summed E-state index contributed by atoms with van der Waals surface area (Å²) in [6.07, 6.45) is -1.61. The Labute approximate surface area is 113 Å². The van der Waals surface area contributed by atoms with Crippen molar-refractivity contribution in [1.82, 2.24) is 0 Å². The summed E-state index contributed by atoms with van der Waals surface area (Å²) in [5.74, 6) is 0. The predicted octanol–water partition coefficient (Wildman–Crippen LogP) is 0.551. The average Bonchev–Trinajstić information content (AvgIpc) is 2.48. The van der Waals surface area contributed by atoms with Crippen molar-refractivity contribution in [3.63, 3.8) is 0 Å². The summed E-state index contributed by atoms with van der Waals surface area (Å²) in [5.41, 5.74) is 6.13. The topological polar surface area (TPSA) is 84.9 Å². The quantitative estimate of drug-likeness (QED) is 0.413. The summed E-state index contributed by atoms with van der Waals surface area (Å²) in [4.78, 5) is 0. The van der Waals surface area contributed by atoms with Gasteiger partial charge in [0, 0.05) is 11.3 Å². The lowest BCUT2D eigenvalue weighted by atomic mass is 9.78. The van der Waals surface area contributed by atoms with Crippen molar-refractivity contribution < 1.29 is 19.5 Å². The van der Waals surface area contributed by atoms with E-state index in [0.717, 1.165) is 5.46 Å². The Morgan fingerprint density at radius 1 is 1.11 bits per heavy atom. The van der Waals surface area contributed by atoms with Gasteiger partial charge in [-0.05, 0) is 39.2 Å². The minimum Gasteiger partial charge on any atom is -0.399 e. The first kappa shape index (κ1) is 14.3. The Balaban J connectivity index is 2.32. The summed E-state index contributed by atoms with van der Waals surface area (Å²) in [5, 5.41) is 18.5. The molecule has 104 valence electrons. The Morgan fingerprint density at radius 2 is 1.63 bits per heavy atom. The third-order valence-corrected chi connectivity index (χ3v) is 3.91. The van der Waals surface area contributed by atoms with Crippen LogP contribution in [0.4, 0.5) is 5.69 Å². The highest BCUT2D eigenvalue weighted by Crippen LogP contribution is 2.36. The Hall–Kier alpha value is -1.08. The lowest BCUT2D eigenvalue weighted by Gasteiger charge is -2.32. The molecule has 1 aliphatic rings. The summed E-state index contributed by atoms with van der Waals surface area (Å²) in [6, 6.07) is 4.99. The number of hydrogen-bond donors (Lipinski definition) is 3. The standard InChI is InChI=1S/C13H20BNO4/c1-12(2)13(3,4)19-14(18-12)8-5-6-10(15)9(7-8)11(16)17/h5-7,11,16-17H,15H2,1-4H3. The van der Waals surface area contributed by atoms with Crippen molar-refractivity contribution in [2.24, 2.45) is 0 Å². The smallest absolute Gasteiger partial charge is 0.399 e. The second-order valence-electron chi connectivity index (χ2n) is 5.85. The third-order valence-electron chi connectivity index (χ3n) is 3.91. The second kappa shape index (κ2) is 4.49. The molecule has 0 unspecified atom stereocenters. The van der Waals surface area contributed by atoms with E-state index in [1.165, 1.54) is 0 Å². The largest absolute Gasteiger partial charge is 0.494 e. The predicted molar refractivity (Wildman–Crippen MR) is 73.7 cm³/mol. The molecule has 1 aromatic carbocycles. The van der Waals surface area contributed by atoms with Gasteiger partial charge >= 0.3 is 7.12 Å². The molecule has 2 rings (SSSR count). The van der Waals surface area contributed by atoms with Gasteiger partial charge in [0.05, 0.1) is 11.2 Å². The molecule has 0 bridgehead atoms. The average molecular weight is 265 g/mol. The van der Waals surface area contributed by atoms with Crippen LogP contribution in [0.5, 0.6) is 0 Å². The van der Waals surface area contributed by atoms with Gasteiger partial charge in [0.15, 0.2) is 6.29 Å². The highest BCUT2D eigenvalue weighted by atomic mass is 16.7. The zero-order valence-electron chi connectivity index (χ0n) is 11.7. The number of nitrogens with two attached hydrogens (primary N) is 1. The molecule has 0 amide bonds. The van der Waals surface area contributed by atoms with Crippen LogP contribution in [0.25, 0.3) is 0 Å². The molecular weight excluding hydrogens is 245 g/mol. The molecule has 19 heavy (non-hydrogen) atoms. The molecule has 0 aromatic heterocycles. The molecule has 0 radical (unpaired) electrons. The van der Waals surface area contributed by atoms with Gasteiger partial charge in [0.1, 0.15) is 0 Å². The van der Waals surface area contributed by atoms with E-state index >= 15 is 0 Å². The highest BCUT2D eigenvalue weighted by molar-refractivity contribution is 6.62. The Bertz CT molecular complexity index is 472. The van der Waals surface area contributed by atoms with E-state index < -0.39 is 24.6 Å². The maximum atomic E-state index is 9.27. The van der Waals surface area contributed by atoms with Crippen LogP contribution in [0.15, 0.2) is 18.2 Å². The highest BCUT2D eigenvalue weighted by Gasteiger charge is 2.51. The third kappa shape index (κ3) is 2.49. The van der Waals surface area contributed by atoms with Crippen LogP contribution in [0, 0.1) is 0 Å². The number of aliphatic hydroxyl groups excluding tert-OH is 1. The number of benzene rings is 1. The van der Waals surface area contributed by atoms with E-state index in [-0.39, 0.29) is 5.56 Å². The molecule has 1 aromatic rings. The van der Waals surface area contributed by atoms with Crippen molar-refractivity contribution in [2.75, 3.05) is 5.73 Å². The van der Waals surface area contributed by atoms with Crippen LogP contribution in [0.3, 0.4) is 0 Å². The minimum absolute atomic E-state index is 0.257. The van der Waals surface area contributed by atoms with E-state index in [0.29, 0.717) is 5.69 Å². The minimum atomic E-state index is -1.61. The number of aliphatic hydroxyl groups is 2. The molecule has 0 spiro atoms. The van der Waals surface area contributed by atoms with Crippen molar-refractivity contribution in [3.05, 3.63) is 23.8 Å². The van der Waals surface area contributed by atoms with Gasteiger partial charge in [-0.3, -0.25) is 0 Å². The van der Waals surface area contributed by atoms with Crippen LogP contribution in [-0.2, 0) is 9.31 Å². The molecule has 1 fully saturated rings. The van der Waals surface area contributed by atoms with E-state index in [1.54, 1.807) is 18.2 Å². The monoisotopic (exact) mass is 265 g/mol. The number of rotatable bonds is 2. The summed E-state index contributed by atoms with van der Waals surface area (Å²) in [6.45, 7) is 7.86. The molecule has 4 N–H and O–H groups in total. The Morgan fingerprint density at radius 3 is 2.11 bits per heavy atom. The normalized spacial score (nSPS) is 21.1. The van der Waals surface area contributed by atoms with Gasteiger partial charge in [-0.1, -0.05) is 12.1 Å². The first-order valence-electron chi connectivity index (χ1n) is 6.25. The van der Waals surface area contributed by atoms with Crippen LogP contribution in [-0.4, -0.2) is 28.5 Å². The van der Waals surface area contributed by atoms with E-state index in [1.807, 2.05) is 27.7 Å². The molecule has 1 aliphatic heterocycles. The van der Waals surface area contributed by atoms with Gasteiger partial charge in [0.25, 0.3) is 0 Å². The number of nitrogen functional groups attached to an aromatic ring is 1. The number of anilines is 1. The lowest BCUT2D eigenvalue weighted by Crippen LogP contribution is -2.41. The zero-order chi connectivity index (χ0) is 14.4. The van der Waals surface area contributed by atoms with Gasteiger partial charge in [-0.25, -0.2) is 0 Å². The summed E-state index contributed by atoms with van der Waals surface area (Å²) >= 11 is 0. The first-order chi connectivity index (χ1) is 8.64. The van der Waals surface area contributed by atoms with Crippen LogP contribution in [0.2, 0.25) is 0 Å². The summed E-state index contributed by atoms with van der Waals surface area (Å²) in [7, 11) is -0.539. The second-order valence-corrected chi connectivity index (χ2v) is 5.85.